The van der Waals surface area contributed by atoms with Crippen LogP contribution in [0.15, 0.2) is 44.4 Å². The second-order valence-electron chi connectivity index (χ2n) is 4.32. The lowest BCUT2D eigenvalue weighted by Crippen LogP contribution is -1.98. The van der Waals surface area contributed by atoms with Crippen molar-refractivity contribution in [1.29, 1.82) is 0 Å². The molecule has 0 spiro atoms. The van der Waals surface area contributed by atoms with Gasteiger partial charge in [0.25, 0.3) is 5.69 Å². The van der Waals surface area contributed by atoms with Crippen LogP contribution >= 0.6 is 31.9 Å². The number of non-ortho nitro benzene ring substituents is 1. The van der Waals surface area contributed by atoms with Crippen molar-refractivity contribution in [3.63, 3.8) is 0 Å². The third-order valence-electron chi connectivity index (χ3n) is 2.80. The van der Waals surface area contributed by atoms with Crippen molar-refractivity contribution in [3.05, 3.63) is 65.1 Å². The minimum Gasteiger partial charge on any atom is -0.448 e. The summed E-state index contributed by atoms with van der Waals surface area (Å²) in [4.78, 5) is 20.4. The Labute approximate surface area is 151 Å². The largest absolute Gasteiger partial charge is 0.448 e. The van der Waals surface area contributed by atoms with Gasteiger partial charge < -0.3 is 9.94 Å². The fraction of sp³-hybridized carbons (Fsp3) is 0. The molecule has 2 rings (SSSR count). The maximum atomic E-state index is 11.2. The van der Waals surface area contributed by atoms with Crippen molar-refractivity contribution >= 4 is 49.4 Å². The molecule has 0 aliphatic carbocycles. The number of nitrogens with zero attached hydrogens (tertiary/aromatic N) is 3. The summed E-state index contributed by atoms with van der Waals surface area (Å²) in [5, 5.41) is 33.6. The van der Waals surface area contributed by atoms with Crippen LogP contribution in [0.4, 0.5) is 11.4 Å². The molecule has 9 nitrogen and oxygen atoms in total. The van der Waals surface area contributed by atoms with Gasteiger partial charge in [-0.15, -0.1) is 0 Å². The van der Waals surface area contributed by atoms with Crippen LogP contribution in [0.5, 0.6) is 11.5 Å². The minimum atomic E-state index is -0.783. The molecule has 0 aromatic heterocycles. The third kappa shape index (κ3) is 3.86. The first kappa shape index (κ1) is 17.8. The molecule has 0 aliphatic rings. The van der Waals surface area contributed by atoms with E-state index < -0.39 is 21.2 Å². The van der Waals surface area contributed by atoms with Crippen molar-refractivity contribution in [1.82, 2.24) is 0 Å². The zero-order valence-corrected chi connectivity index (χ0v) is 14.7. The van der Waals surface area contributed by atoms with E-state index in [0.29, 0.717) is 14.5 Å². The normalized spacial score (nSPS) is 10.8. The number of benzene rings is 2. The minimum absolute atomic E-state index is 0.146. The van der Waals surface area contributed by atoms with Crippen LogP contribution in [0.2, 0.25) is 0 Å². The number of halogens is 2. The smallest absolute Gasteiger partial charge is 0.318 e. The van der Waals surface area contributed by atoms with Crippen LogP contribution in [0, 0.1) is 20.2 Å². The lowest BCUT2D eigenvalue weighted by molar-refractivity contribution is -0.394. The van der Waals surface area contributed by atoms with Gasteiger partial charge in [0.05, 0.1) is 26.6 Å². The molecule has 0 heterocycles. The van der Waals surface area contributed by atoms with Crippen molar-refractivity contribution in [3.8, 4) is 11.5 Å². The Morgan fingerprint density at radius 1 is 1.12 bits per heavy atom. The predicted molar refractivity (Wildman–Crippen MR) is 91.0 cm³/mol. The van der Waals surface area contributed by atoms with Crippen molar-refractivity contribution in [2.45, 2.75) is 0 Å². The van der Waals surface area contributed by atoms with Crippen molar-refractivity contribution < 1.29 is 19.8 Å². The highest BCUT2D eigenvalue weighted by Gasteiger charge is 2.22. The Bertz CT molecular complexity index is 856. The lowest BCUT2D eigenvalue weighted by Gasteiger charge is -2.11. The summed E-state index contributed by atoms with van der Waals surface area (Å²) < 4.78 is 6.62. The summed E-state index contributed by atoms with van der Waals surface area (Å²) in [6, 6.07) is 6.22. The Balaban J connectivity index is 2.56. The maximum absolute atomic E-state index is 11.2. The number of nitro groups is 2. The molecule has 124 valence electrons. The fourth-order valence-electron chi connectivity index (χ4n) is 1.80. The second kappa shape index (κ2) is 7.36. The van der Waals surface area contributed by atoms with Gasteiger partial charge in [-0.2, -0.15) is 0 Å². The van der Waals surface area contributed by atoms with E-state index in [0.717, 1.165) is 24.4 Å². The zero-order chi connectivity index (χ0) is 17.9. The van der Waals surface area contributed by atoms with Crippen LogP contribution in [0.1, 0.15) is 5.56 Å². The molecule has 0 bridgehead atoms. The second-order valence-corrected chi connectivity index (χ2v) is 6.09. The molecule has 0 unspecified atom stereocenters. The first-order valence-corrected chi connectivity index (χ1v) is 7.69. The molecule has 1 N–H and O–H groups in total. The third-order valence-corrected chi connectivity index (χ3v) is 3.84. The van der Waals surface area contributed by atoms with Crippen LogP contribution in [0.3, 0.4) is 0 Å². The molecule has 2 aromatic carbocycles. The Kier molecular flexibility index (Phi) is 5.46. The summed E-state index contributed by atoms with van der Waals surface area (Å²) in [6.45, 7) is 0. The number of rotatable bonds is 5. The molecule has 0 amide bonds. The SMILES string of the molecule is O=[N+]([O-])c1ccc(Oc2c(Br)cc(Br)cc2/C=N\O)c([N+](=O)[O-])c1. The highest BCUT2D eigenvalue weighted by molar-refractivity contribution is 9.11. The van der Waals surface area contributed by atoms with Gasteiger partial charge in [-0.25, -0.2) is 0 Å². The number of ether oxygens (including phenoxy) is 1. The number of hydrogen-bond acceptors (Lipinski definition) is 7. The van der Waals surface area contributed by atoms with E-state index in [-0.39, 0.29) is 11.5 Å². The van der Waals surface area contributed by atoms with E-state index in [1.165, 1.54) is 0 Å². The lowest BCUT2D eigenvalue weighted by atomic mass is 10.2. The van der Waals surface area contributed by atoms with Crippen LogP contribution in [-0.4, -0.2) is 21.3 Å². The molecule has 0 radical (unpaired) electrons. The van der Waals surface area contributed by atoms with Crippen molar-refractivity contribution in [2.75, 3.05) is 0 Å². The van der Waals surface area contributed by atoms with Crippen LogP contribution in [-0.2, 0) is 0 Å². The molecule has 24 heavy (non-hydrogen) atoms. The highest BCUT2D eigenvalue weighted by Crippen LogP contribution is 2.39. The first-order chi connectivity index (χ1) is 11.3. The van der Waals surface area contributed by atoms with E-state index in [9.17, 15) is 20.2 Å². The summed E-state index contributed by atoms with van der Waals surface area (Å²) in [7, 11) is 0. The van der Waals surface area contributed by atoms with Gasteiger partial charge in [-0.1, -0.05) is 21.1 Å². The molecular formula is C13H7Br2N3O6. The van der Waals surface area contributed by atoms with Gasteiger partial charge in [0.2, 0.25) is 5.75 Å². The molecule has 0 aliphatic heterocycles. The van der Waals surface area contributed by atoms with E-state index >= 15 is 0 Å². The van der Waals surface area contributed by atoms with Gasteiger partial charge in [0.1, 0.15) is 0 Å². The average Bonchev–Trinajstić information content (AvgIpc) is 2.50. The topological polar surface area (TPSA) is 128 Å². The number of hydrogen-bond donors (Lipinski definition) is 1. The summed E-state index contributed by atoms with van der Waals surface area (Å²) in [5.74, 6) is -0.0471. The molecule has 0 saturated carbocycles. The monoisotopic (exact) mass is 459 g/mol. The molecule has 0 fully saturated rings. The Hall–Kier alpha value is -2.53. The summed E-state index contributed by atoms with van der Waals surface area (Å²) >= 11 is 6.50. The van der Waals surface area contributed by atoms with Gasteiger partial charge in [0, 0.05) is 16.1 Å². The van der Waals surface area contributed by atoms with Crippen molar-refractivity contribution in [2.24, 2.45) is 5.16 Å². The quantitative estimate of drug-likeness (QED) is 0.300. The molecule has 11 heteroatoms. The number of oxime groups is 1. The van der Waals surface area contributed by atoms with E-state index in [2.05, 4.69) is 37.0 Å². The summed E-state index contributed by atoms with van der Waals surface area (Å²) in [6.07, 6.45) is 1.09. The van der Waals surface area contributed by atoms with E-state index in [1.807, 2.05) is 0 Å². The van der Waals surface area contributed by atoms with Gasteiger partial charge in [0.15, 0.2) is 5.75 Å². The zero-order valence-electron chi connectivity index (χ0n) is 11.6. The maximum Gasteiger partial charge on any atom is 0.318 e. The van der Waals surface area contributed by atoms with Crippen LogP contribution < -0.4 is 4.74 Å². The molecule has 0 atom stereocenters. The number of nitro benzene ring substituents is 2. The highest BCUT2D eigenvalue weighted by atomic mass is 79.9. The average molecular weight is 461 g/mol. The standard InChI is InChI=1S/C13H7Br2N3O6/c14-8-3-7(6-16-19)13(10(15)4-8)24-12-2-1-9(17(20)21)5-11(12)18(22)23/h1-6,19H/b16-6-. The molecule has 2 aromatic rings. The molecule has 0 saturated heterocycles. The Morgan fingerprint density at radius 2 is 1.83 bits per heavy atom. The van der Waals surface area contributed by atoms with Gasteiger partial charge in [-0.3, -0.25) is 20.2 Å². The first-order valence-electron chi connectivity index (χ1n) is 6.10. The van der Waals surface area contributed by atoms with Gasteiger partial charge in [-0.05, 0) is 34.1 Å². The summed E-state index contributed by atoms with van der Waals surface area (Å²) in [5.41, 5.74) is -0.668. The van der Waals surface area contributed by atoms with Gasteiger partial charge >= 0.3 is 5.69 Å². The van der Waals surface area contributed by atoms with E-state index in [1.54, 1.807) is 12.1 Å². The van der Waals surface area contributed by atoms with E-state index in [4.69, 9.17) is 9.94 Å². The molecular weight excluding hydrogens is 454 g/mol. The van der Waals surface area contributed by atoms with Crippen LogP contribution in [0.25, 0.3) is 0 Å². The predicted octanol–water partition coefficient (Wildman–Crippen LogP) is 4.63. The Morgan fingerprint density at radius 3 is 2.42 bits per heavy atom. The fourth-order valence-corrected chi connectivity index (χ4v) is 3.14.